The standard InChI is InChI=1S/C23H29N9O2/c1-15(27-18-5-6-18)32-21(17(14-26-32)12-16-13-20(33)28-22(16)34)29-23(24)31-10-8-30(9-11-31)19-4-2-3-7-25-19/h2-4,7,12,14-15,18,27H,5-6,8-11,13H2,1H3,(H2,24,29)(H,28,33,34)/b16-12+. The molecule has 3 aliphatic rings. The number of anilines is 1. The molecule has 34 heavy (non-hydrogen) atoms. The van der Waals surface area contributed by atoms with Crippen LogP contribution in [0.2, 0.25) is 0 Å². The Morgan fingerprint density at radius 2 is 2.06 bits per heavy atom. The van der Waals surface area contributed by atoms with E-state index < -0.39 is 0 Å². The largest absolute Gasteiger partial charge is 0.369 e. The summed E-state index contributed by atoms with van der Waals surface area (Å²) in [5.74, 6) is 1.23. The Morgan fingerprint density at radius 3 is 2.71 bits per heavy atom. The highest BCUT2D eigenvalue weighted by molar-refractivity contribution is 6.15. The van der Waals surface area contributed by atoms with E-state index in [0.717, 1.165) is 31.7 Å². The third kappa shape index (κ3) is 4.79. The Balaban J connectivity index is 1.38. The topological polar surface area (TPSA) is 134 Å². The number of carbonyl (C=O) groups excluding carboxylic acids is 2. The molecule has 11 heteroatoms. The van der Waals surface area contributed by atoms with Gasteiger partial charge in [0.05, 0.1) is 12.6 Å². The number of aliphatic imine (C=N–C) groups is 1. The highest BCUT2D eigenvalue weighted by Crippen LogP contribution is 2.29. The van der Waals surface area contributed by atoms with E-state index in [1.54, 1.807) is 23.2 Å². The summed E-state index contributed by atoms with van der Waals surface area (Å²) >= 11 is 0. The lowest BCUT2D eigenvalue weighted by molar-refractivity contribution is -0.124. The number of nitrogens with one attached hydrogen (secondary N) is 2. The molecule has 1 unspecified atom stereocenters. The Hall–Kier alpha value is -3.73. The lowest BCUT2D eigenvalue weighted by atomic mass is 10.1. The Bertz CT molecular complexity index is 1130. The molecular weight excluding hydrogens is 434 g/mol. The molecule has 0 bridgehead atoms. The second kappa shape index (κ2) is 9.26. The van der Waals surface area contributed by atoms with Gasteiger partial charge in [-0.05, 0) is 38.0 Å². The molecule has 2 saturated heterocycles. The maximum absolute atomic E-state index is 12.1. The van der Waals surface area contributed by atoms with Crippen LogP contribution < -0.4 is 21.3 Å². The van der Waals surface area contributed by atoms with Crippen molar-refractivity contribution in [3.63, 3.8) is 0 Å². The van der Waals surface area contributed by atoms with Crippen LogP contribution in [0.3, 0.4) is 0 Å². The number of nitrogens with two attached hydrogens (primary N) is 1. The van der Waals surface area contributed by atoms with E-state index in [1.165, 1.54) is 0 Å². The second-order valence-electron chi connectivity index (χ2n) is 8.84. The molecule has 0 radical (unpaired) electrons. The average molecular weight is 464 g/mol. The Kier molecular flexibility index (Phi) is 6.01. The van der Waals surface area contributed by atoms with E-state index in [4.69, 9.17) is 10.7 Å². The van der Waals surface area contributed by atoms with Gasteiger partial charge in [0.25, 0.3) is 5.91 Å². The first-order valence-corrected chi connectivity index (χ1v) is 11.6. The van der Waals surface area contributed by atoms with Crippen LogP contribution in [0.25, 0.3) is 6.08 Å². The summed E-state index contributed by atoms with van der Waals surface area (Å²) in [6.07, 6.45) is 7.39. The molecule has 0 aromatic carbocycles. The van der Waals surface area contributed by atoms with Crippen molar-refractivity contribution in [1.29, 1.82) is 0 Å². The monoisotopic (exact) mass is 463 g/mol. The van der Waals surface area contributed by atoms with Gasteiger partial charge in [0.2, 0.25) is 5.91 Å². The van der Waals surface area contributed by atoms with Gasteiger partial charge in [0, 0.05) is 49.6 Å². The molecule has 1 saturated carbocycles. The first-order valence-electron chi connectivity index (χ1n) is 11.6. The molecule has 11 nitrogen and oxygen atoms in total. The zero-order valence-electron chi connectivity index (χ0n) is 19.1. The van der Waals surface area contributed by atoms with Crippen molar-refractivity contribution in [2.45, 2.75) is 38.4 Å². The molecule has 5 rings (SSSR count). The first-order chi connectivity index (χ1) is 16.5. The van der Waals surface area contributed by atoms with Crippen molar-refractivity contribution >= 4 is 35.5 Å². The minimum atomic E-state index is -0.379. The van der Waals surface area contributed by atoms with Crippen LogP contribution in [0.1, 0.15) is 37.9 Å². The van der Waals surface area contributed by atoms with E-state index in [-0.39, 0.29) is 24.4 Å². The average Bonchev–Trinajstić information content (AvgIpc) is 3.49. The van der Waals surface area contributed by atoms with Gasteiger partial charge in [-0.1, -0.05) is 6.07 Å². The van der Waals surface area contributed by atoms with E-state index in [1.807, 2.05) is 30.0 Å². The maximum atomic E-state index is 12.1. The zero-order chi connectivity index (χ0) is 23.7. The summed E-state index contributed by atoms with van der Waals surface area (Å²) in [7, 11) is 0. The fraction of sp³-hybridized carbons (Fsp3) is 0.435. The first kappa shape index (κ1) is 22.1. The fourth-order valence-electron chi connectivity index (χ4n) is 4.23. The molecule has 1 atom stereocenters. The van der Waals surface area contributed by atoms with Crippen molar-refractivity contribution in [2.24, 2.45) is 10.7 Å². The van der Waals surface area contributed by atoms with E-state index in [0.29, 0.717) is 42.0 Å². The number of imide groups is 1. The molecule has 2 aliphatic heterocycles. The number of hydrogen-bond acceptors (Lipinski definition) is 7. The van der Waals surface area contributed by atoms with Crippen LogP contribution in [0, 0.1) is 0 Å². The number of hydrogen-bond donors (Lipinski definition) is 3. The van der Waals surface area contributed by atoms with E-state index in [9.17, 15) is 9.59 Å². The molecule has 4 heterocycles. The fourth-order valence-corrected chi connectivity index (χ4v) is 4.23. The van der Waals surface area contributed by atoms with Crippen LogP contribution in [0.15, 0.2) is 41.2 Å². The van der Waals surface area contributed by atoms with Crippen LogP contribution >= 0.6 is 0 Å². The normalized spacial score (nSPS) is 21.3. The van der Waals surface area contributed by atoms with Crippen molar-refractivity contribution < 1.29 is 9.59 Å². The molecule has 178 valence electrons. The van der Waals surface area contributed by atoms with Crippen molar-refractivity contribution in [2.75, 3.05) is 31.1 Å². The van der Waals surface area contributed by atoms with Gasteiger partial charge in [-0.3, -0.25) is 20.2 Å². The Morgan fingerprint density at radius 1 is 1.26 bits per heavy atom. The zero-order valence-corrected chi connectivity index (χ0v) is 19.1. The minimum Gasteiger partial charge on any atom is -0.369 e. The molecule has 4 N–H and O–H groups in total. The third-order valence-corrected chi connectivity index (χ3v) is 6.24. The summed E-state index contributed by atoms with van der Waals surface area (Å²) in [4.78, 5) is 37.2. The van der Waals surface area contributed by atoms with Crippen molar-refractivity contribution in [3.05, 3.63) is 41.7 Å². The lowest BCUT2D eigenvalue weighted by Crippen LogP contribution is -2.51. The number of carbonyl (C=O) groups is 2. The number of aromatic nitrogens is 3. The quantitative estimate of drug-likeness (QED) is 0.247. The number of pyridine rings is 1. The molecular formula is C23H29N9O2. The molecule has 3 fully saturated rings. The summed E-state index contributed by atoms with van der Waals surface area (Å²) in [6.45, 7) is 5.01. The lowest BCUT2D eigenvalue weighted by Gasteiger charge is -2.35. The molecule has 2 aromatic rings. The predicted molar refractivity (Wildman–Crippen MR) is 128 cm³/mol. The van der Waals surface area contributed by atoms with Gasteiger partial charge < -0.3 is 15.5 Å². The highest BCUT2D eigenvalue weighted by Gasteiger charge is 2.28. The number of amides is 2. The summed E-state index contributed by atoms with van der Waals surface area (Å²) in [5, 5.41) is 10.4. The number of guanidine groups is 1. The van der Waals surface area contributed by atoms with Gasteiger partial charge in [0.1, 0.15) is 12.0 Å². The van der Waals surface area contributed by atoms with E-state index in [2.05, 4.69) is 25.6 Å². The van der Waals surface area contributed by atoms with Crippen molar-refractivity contribution in [3.8, 4) is 0 Å². The van der Waals surface area contributed by atoms with Gasteiger partial charge in [-0.2, -0.15) is 10.1 Å². The SMILES string of the molecule is CC(NC1CC1)n1ncc(/C=C2\CC(=O)NC2=O)c1N=C(N)N1CCN(c2ccccn2)CC1. The van der Waals surface area contributed by atoms with E-state index >= 15 is 0 Å². The third-order valence-electron chi connectivity index (χ3n) is 6.24. The number of rotatable bonds is 6. The molecule has 2 amide bonds. The maximum Gasteiger partial charge on any atom is 0.254 e. The van der Waals surface area contributed by atoms with Crippen LogP contribution in [0.5, 0.6) is 0 Å². The Labute approximate surface area is 197 Å². The second-order valence-corrected chi connectivity index (χ2v) is 8.84. The van der Waals surface area contributed by atoms with Gasteiger partial charge in [0.15, 0.2) is 11.8 Å². The van der Waals surface area contributed by atoms with Crippen LogP contribution in [-0.2, 0) is 9.59 Å². The summed E-state index contributed by atoms with van der Waals surface area (Å²) in [5.41, 5.74) is 7.51. The van der Waals surface area contributed by atoms with Crippen molar-refractivity contribution in [1.82, 2.24) is 30.3 Å². The minimum absolute atomic E-state index is 0.0496. The summed E-state index contributed by atoms with van der Waals surface area (Å²) < 4.78 is 1.79. The number of piperazine rings is 1. The predicted octanol–water partition coefficient (Wildman–Crippen LogP) is 0.747. The summed E-state index contributed by atoms with van der Waals surface area (Å²) in [6, 6.07) is 6.37. The molecule has 0 spiro atoms. The molecule has 2 aromatic heterocycles. The highest BCUT2D eigenvalue weighted by atomic mass is 16.2. The smallest absolute Gasteiger partial charge is 0.254 e. The van der Waals surface area contributed by atoms with Gasteiger partial charge >= 0.3 is 0 Å². The van der Waals surface area contributed by atoms with Gasteiger partial charge in [-0.25, -0.2) is 9.67 Å². The molecule has 1 aliphatic carbocycles. The van der Waals surface area contributed by atoms with Crippen LogP contribution in [-0.4, -0.2) is 69.7 Å². The van der Waals surface area contributed by atoms with Crippen LogP contribution in [0.4, 0.5) is 11.6 Å². The number of nitrogens with zero attached hydrogens (tertiary/aromatic N) is 6. The van der Waals surface area contributed by atoms with Gasteiger partial charge in [-0.15, -0.1) is 0 Å².